The van der Waals surface area contributed by atoms with Crippen LogP contribution in [0.25, 0.3) is 11.4 Å². The summed E-state index contributed by atoms with van der Waals surface area (Å²) in [5, 5.41) is 8.51. The zero-order valence-electron chi connectivity index (χ0n) is 19.5. The standard InChI is InChI=1S/C26H26N4O4/c1-31-23-11-9-19(15-25(23)33-3)29-13-5-7-21(29)17-27-28-18-22-8-6-14-30(22)20-10-12-24(32-2)26(16-20)34-4/h5-18H,1-4H3/b27-17+,28-18+. The lowest BCUT2D eigenvalue weighted by atomic mass is 10.2. The third-order valence-corrected chi connectivity index (χ3v) is 5.30. The Bertz CT molecular complexity index is 1220. The fraction of sp³-hybridized carbons (Fsp3) is 0.154. The van der Waals surface area contributed by atoms with Gasteiger partial charge in [0.15, 0.2) is 23.0 Å². The van der Waals surface area contributed by atoms with E-state index in [0.717, 1.165) is 22.8 Å². The van der Waals surface area contributed by atoms with Crippen molar-refractivity contribution in [1.82, 2.24) is 9.13 Å². The highest BCUT2D eigenvalue weighted by Gasteiger charge is 2.09. The lowest BCUT2D eigenvalue weighted by Crippen LogP contribution is -2.00. The predicted octanol–water partition coefficient (Wildman–Crippen LogP) is 4.76. The molecule has 0 amide bonds. The van der Waals surface area contributed by atoms with Crippen LogP contribution in [0.3, 0.4) is 0 Å². The van der Waals surface area contributed by atoms with Crippen molar-refractivity contribution in [3.63, 3.8) is 0 Å². The fourth-order valence-electron chi connectivity index (χ4n) is 3.60. The second-order valence-corrected chi connectivity index (χ2v) is 7.17. The molecule has 174 valence electrons. The van der Waals surface area contributed by atoms with Crippen molar-refractivity contribution in [2.75, 3.05) is 28.4 Å². The van der Waals surface area contributed by atoms with Gasteiger partial charge in [0.2, 0.25) is 0 Å². The van der Waals surface area contributed by atoms with Gasteiger partial charge in [0, 0.05) is 35.9 Å². The molecule has 34 heavy (non-hydrogen) atoms. The summed E-state index contributed by atoms with van der Waals surface area (Å²) in [6, 6.07) is 19.3. The van der Waals surface area contributed by atoms with Gasteiger partial charge in [0.05, 0.1) is 52.3 Å². The first-order chi connectivity index (χ1) is 16.7. The predicted molar refractivity (Wildman–Crippen MR) is 133 cm³/mol. The van der Waals surface area contributed by atoms with Crippen LogP contribution in [0.5, 0.6) is 23.0 Å². The van der Waals surface area contributed by atoms with Crippen LogP contribution in [-0.4, -0.2) is 50.0 Å². The van der Waals surface area contributed by atoms with E-state index in [0.29, 0.717) is 23.0 Å². The summed E-state index contributed by atoms with van der Waals surface area (Å²) in [6.07, 6.45) is 7.32. The minimum absolute atomic E-state index is 0.658. The number of nitrogens with zero attached hydrogens (tertiary/aromatic N) is 4. The van der Waals surface area contributed by atoms with Crippen LogP contribution in [0.1, 0.15) is 11.4 Å². The molecule has 2 heterocycles. The molecule has 2 aromatic carbocycles. The molecule has 0 radical (unpaired) electrons. The largest absolute Gasteiger partial charge is 0.493 e. The molecule has 0 N–H and O–H groups in total. The van der Waals surface area contributed by atoms with Gasteiger partial charge in [0.25, 0.3) is 0 Å². The Morgan fingerprint density at radius 3 is 1.35 bits per heavy atom. The normalized spacial score (nSPS) is 11.3. The number of rotatable bonds is 9. The number of benzene rings is 2. The third kappa shape index (κ3) is 4.66. The van der Waals surface area contributed by atoms with E-state index in [1.54, 1.807) is 40.9 Å². The Hall–Kier alpha value is -4.46. The van der Waals surface area contributed by atoms with Crippen LogP contribution in [0.4, 0.5) is 0 Å². The highest BCUT2D eigenvalue weighted by molar-refractivity contribution is 5.82. The SMILES string of the molecule is COc1ccc(-n2cccc2/C=N/N=C/c2cccn2-c2ccc(OC)c(OC)c2)cc1OC. The minimum atomic E-state index is 0.658. The maximum absolute atomic E-state index is 5.42. The molecule has 0 fully saturated rings. The molecule has 4 rings (SSSR count). The summed E-state index contributed by atoms with van der Waals surface area (Å²) in [6.45, 7) is 0. The molecule has 0 bridgehead atoms. The molecule has 0 saturated carbocycles. The van der Waals surface area contributed by atoms with Gasteiger partial charge < -0.3 is 28.1 Å². The molecule has 0 aliphatic heterocycles. The quantitative estimate of drug-likeness (QED) is 0.268. The summed E-state index contributed by atoms with van der Waals surface area (Å²) in [4.78, 5) is 0. The Kier molecular flexibility index (Phi) is 6.98. The van der Waals surface area contributed by atoms with Crippen molar-refractivity contribution in [1.29, 1.82) is 0 Å². The highest BCUT2D eigenvalue weighted by atomic mass is 16.5. The molecule has 0 aliphatic carbocycles. The zero-order valence-corrected chi connectivity index (χ0v) is 19.5. The summed E-state index contributed by atoms with van der Waals surface area (Å²) in [5.41, 5.74) is 3.60. The second-order valence-electron chi connectivity index (χ2n) is 7.17. The van der Waals surface area contributed by atoms with Crippen molar-refractivity contribution in [3.8, 4) is 34.4 Å². The summed E-state index contributed by atoms with van der Waals surface area (Å²) >= 11 is 0. The molecule has 8 nitrogen and oxygen atoms in total. The fourth-order valence-corrected chi connectivity index (χ4v) is 3.60. The number of hydrogen-bond acceptors (Lipinski definition) is 6. The van der Waals surface area contributed by atoms with Crippen LogP contribution in [0.2, 0.25) is 0 Å². The summed E-state index contributed by atoms with van der Waals surface area (Å²) in [7, 11) is 6.47. The molecule has 0 aliphatic rings. The van der Waals surface area contributed by atoms with Crippen molar-refractivity contribution >= 4 is 12.4 Å². The van der Waals surface area contributed by atoms with Crippen molar-refractivity contribution < 1.29 is 18.9 Å². The Morgan fingerprint density at radius 1 is 0.559 bits per heavy atom. The van der Waals surface area contributed by atoms with E-state index in [9.17, 15) is 0 Å². The van der Waals surface area contributed by atoms with Crippen LogP contribution in [0, 0.1) is 0 Å². The van der Waals surface area contributed by atoms with Gasteiger partial charge >= 0.3 is 0 Å². The first-order valence-corrected chi connectivity index (χ1v) is 10.5. The van der Waals surface area contributed by atoms with Crippen LogP contribution in [0.15, 0.2) is 83.3 Å². The molecule has 0 atom stereocenters. The average Bonchev–Trinajstić information content (AvgIpc) is 3.55. The van der Waals surface area contributed by atoms with E-state index < -0.39 is 0 Å². The van der Waals surface area contributed by atoms with Gasteiger partial charge in [-0.1, -0.05) is 0 Å². The van der Waals surface area contributed by atoms with Gasteiger partial charge in [-0.15, -0.1) is 0 Å². The first kappa shape index (κ1) is 22.7. The van der Waals surface area contributed by atoms with Crippen LogP contribution >= 0.6 is 0 Å². The maximum Gasteiger partial charge on any atom is 0.162 e. The second kappa shape index (κ2) is 10.4. The third-order valence-electron chi connectivity index (χ3n) is 5.30. The molecule has 4 aromatic rings. The lowest BCUT2D eigenvalue weighted by molar-refractivity contribution is 0.355. The van der Waals surface area contributed by atoms with Crippen LogP contribution in [-0.2, 0) is 0 Å². The van der Waals surface area contributed by atoms with Gasteiger partial charge in [-0.3, -0.25) is 0 Å². The molecular weight excluding hydrogens is 432 g/mol. The monoisotopic (exact) mass is 458 g/mol. The van der Waals surface area contributed by atoms with E-state index in [-0.39, 0.29) is 0 Å². The average molecular weight is 459 g/mol. The van der Waals surface area contributed by atoms with Gasteiger partial charge in [-0.25, -0.2) is 0 Å². The van der Waals surface area contributed by atoms with E-state index in [2.05, 4.69) is 10.2 Å². The number of aromatic nitrogens is 2. The van der Waals surface area contributed by atoms with E-state index >= 15 is 0 Å². The van der Waals surface area contributed by atoms with Crippen molar-refractivity contribution in [2.24, 2.45) is 10.2 Å². The van der Waals surface area contributed by atoms with E-state index in [4.69, 9.17) is 18.9 Å². The van der Waals surface area contributed by atoms with Gasteiger partial charge in [0.1, 0.15) is 0 Å². The number of hydrogen-bond donors (Lipinski definition) is 0. The Balaban J connectivity index is 1.54. The molecule has 2 aromatic heterocycles. The van der Waals surface area contributed by atoms with Crippen molar-refractivity contribution in [2.45, 2.75) is 0 Å². The summed E-state index contributed by atoms with van der Waals surface area (Å²) in [5.74, 6) is 2.67. The van der Waals surface area contributed by atoms with Crippen LogP contribution < -0.4 is 18.9 Å². The number of ether oxygens (including phenoxy) is 4. The highest BCUT2D eigenvalue weighted by Crippen LogP contribution is 2.30. The molecule has 0 saturated heterocycles. The lowest BCUT2D eigenvalue weighted by Gasteiger charge is -2.11. The molecule has 8 heteroatoms. The van der Waals surface area contributed by atoms with Crippen molar-refractivity contribution in [3.05, 3.63) is 84.4 Å². The first-order valence-electron chi connectivity index (χ1n) is 10.5. The van der Waals surface area contributed by atoms with Gasteiger partial charge in [-0.2, -0.15) is 10.2 Å². The van der Waals surface area contributed by atoms with E-state index in [1.165, 1.54) is 0 Å². The Labute approximate surface area is 198 Å². The smallest absolute Gasteiger partial charge is 0.162 e. The number of methoxy groups -OCH3 is 4. The summed E-state index contributed by atoms with van der Waals surface area (Å²) < 4.78 is 25.5. The molecule has 0 spiro atoms. The minimum Gasteiger partial charge on any atom is -0.493 e. The topological polar surface area (TPSA) is 71.5 Å². The molecular formula is C26H26N4O4. The maximum atomic E-state index is 5.42. The molecule has 0 unspecified atom stereocenters. The Morgan fingerprint density at radius 2 is 0.971 bits per heavy atom. The van der Waals surface area contributed by atoms with Gasteiger partial charge in [-0.05, 0) is 48.5 Å². The zero-order chi connectivity index (χ0) is 23.9. The van der Waals surface area contributed by atoms with E-state index in [1.807, 2.05) is 82.2 Å².